The summed E-state index contributed by atoms with van der Waals surface area (Å²) in [6, 6.07) is 3.44. The van der Waals surface area contributed by atoms with Crippen molar-refractivity contribution in [1.29, 1.82) is 0 Å². The summed E-state index contributed by atoms with van der Waals surface area (Å²) in [6.45, 7) is 2.60. The van der Waals surface area contributed by atoms with Crippen LogP contribution >= 0.6 is 11.5 Å². The van der Waals surface area contributed by atoms with Gasteiger partial charge in [0.25, 0.3) is 0 Å². The van der Waals surface area contributed by atoms with Crippen molar-refractivity contribution >= 4 is 22.4 Å². The van der Waals surface area contributed by atoms with E-state index in [1.165, 1.54) is 17.8 Å². The molecule has 8 heteroatoms. The maximum atomic E-state index is 12.3. The van der Waals surface area contributed by atoms with Gasteiger partial charge in [0.05, 0.1) is 26.0 Å². The largest absolute Gasteiger partial charge is 0.461 e. The summed E-state index contributed by atoms with van der Waals surface area (Å²) in [7, 11) is 3.90. The molecule has 3 rings (SSSR count). The predicted molar refractivity (Wildman–Crippen MR) is 86.9 cm³/mol. The summed E-state index contributed by atoms with van der Waals surface area (Å²) in [5.74, 6) is 1.18. The first-order valence-corrected chi connectivity index (χ1v) is 8.29. The Balaban J connectivity index is 1.64. The fourth-order valence-corrected chi connectivity index (χ4v) is 3.10. The average molecular weight is 336 g/mol. The van der Waals surface area contributed by atoms with Crippen LogP contribution < -0.4 is 4.90 Å². The highest BCUT2D eigenvalue weighted by Crippen LogP contribution is 2.19. The van der Waals surface area contributed by atoms with Crippen LogP contribution in [0.4, 0.5) is 5.13 Å². The molecule has 1 atom stereocenters. The molecule has 0 saturated carbocycles. The molecule has 1 aliphatic rings. The zero-order valence-corrected chi connectivity index (χ0v) is 14.1. The van der Waals surface area contributed by atoms with Gasteiger partial charge in [0.15, 0.2) is 17.4 Å². The Bertz CT molecular complexity index is 641. The number of hydrogen-bond acceptors (Lipinski definition) is 8. The molecular formula is C15H20N4O3S. The van der Waals surface area contributed by atoms with E-state index < -0.39 is 0 Å². The Kier molecular flexibility index (Phi) is 5.04. The Morgan fingerprint density at radius 1 is 1.52 bits per heavy atom. The van der Waals surface area contributed by atoms with Crippen LogP contribution in [-0.4, -0.2) is 59.9 Å². The molecule has 0 aliphatic carbocycles. The number of carbonyl (C=O) groups excluding carboxylic acids is 1. The van der Waals surface area contributed by atoms with Crippen molar-refractivity contribution in [2.45, 2.75) is 19.0 Å². The van der Waals surface area contributed by atoms with Crippen LogP contribution in [0.3, 0.4) is 0 Å². The minimum Gasteiger partial charge on any atom is -0.461 e. The molecule has 23 heavy (non-hydrogen) atoms. The molecule has 7 nitrogen and oxygen atoms in total. The summed E-state index contributed by atoms with van der Waals surface area (Å²) in [4.78, 5) is 20.9. The fraction of sp³-hybridized carbons (Fsp3) is 0.533. The number of ether oxygens (including phenoxy) is 1. The van der Waals surface area contributed by atoms with Gasteiger partial charge in [-0.2, -0.15) is 4.37 Å². The second-order valence-electron chi connectivity index (χ2n) is 5.69. The van der Waals surface area contributed by atoms with Gasteiger partial charge in [0.2, 0.25) is 5.13 Å². The normalized spacial score (nSPS) is 19.0. The SMILES string of the molecule is CN(C)c1nc(CN2CCOCC2CC(=O)c2ccco2)ns1. The maximum absolute atomic E-state index is 12.3. The molecule has 2 aromatic heterocycles. The van der Waals surface area contributed by atoms with Crippen molar-refractivity contribution in [2.24, 2.45) is 0 Å². The first kappa shape index (κ1) is 16.1. The van der Waals surface area contributed by atoms with Gasteiger partial charge in [0, 0.05) is 44.6 Å². The summed E-state index contributed by atoms with van der Waals surface area (Å²) in [6.07, 6.45) is 1.89. The van der Waals surface area contributed by atoms with Crippen LogP contribution in [0.1, 0.15) is 22.8 Å². The van der Waals surface area contributed by atoms with Gasteiger partial charge < -0.3 is 14.1 Å². The summed E-state index contributed by atoms with van der Waals surface area (Å²) < 4.78 is 15.1. The molecule has 1 saturated heterocycles. The molecule has 0 amide bonds. The smallest absolute Gasteiger partial charge is 0.204 e. The van der Waals surface area contributed by atoms with Crippen molar-refractivity contribution < 1.29 is 13.9 Å². The monoisotopic (exact) mass is 336 g/mol. The molecular weight excluding hydrogens is 316 g/mol. The van der Waals surface area contributed by atoms with Crippen LogP contribution in [0.25, 0.3) is 0 Å². The summed E-state index contributed by atoms with van der Waals surface area (Å²) in [5.41, 5.74) is 0. The molecule has 1 aliphatic heterocycles. The average Bonchev–Trinajstić information content (AvgIpc) is 3.20. The van der Waals surface area contributed by atoms with Crippen LogP contribution in [-0.2, 0) is 11.3 Å². The zero-order chi connectivity index (χ0) is 16.2. The van der Waals surface area contributed by atoms with E-state index in [1.54, 1.807) is 12.1 Å². The summed E-state index contributed by atoms with van der Waals surface area (Å²) >= 11 is 1.38. The molecule has 3 heterocycles. The molecule has 0 radical (unpaired) electrons. The van der Waals surface area contributed by atoms with Crippen molar-refractivity contribution in [3.8, 4) is 0 Å². The van der Waals surface area contributed by atoms with E-state index in [0.29, 0.717) is 31.9 Å². The molecule has 1 unspecified atom stereocenters. The number of carbonyl (C=O) groups is 1. The number of hydrogen-bond donors (Lipinski definition) is 0. The first-order chi connectivity index (χ1) is 11.1. The molecule has 124 valence electrons. The van der Waals surface area contributed by atoms with Crippen LogP contribution in [0.5, 0.6) is 0 Å². The van der Waals surface area contributed by atoms with Gasteiger partial charge in [-0.25, -0.2) is 4.98 Å². The molecule has 2 aromatic rings. The highest BCUT2D eigenvalue weighted by Gasteiger charge is 2.27. The number of nitrogens with zero attached hydrogens (tertiary/aromatic N) is 4. The van der Waals surface area contributed by atoms with Crippen LogP contribution in [0, 0.1) is 0 Å². The highest BCUT2D eigenvalue weighted by atomic mass is 32.1. The third-order valence-corrected chi connectivity index (χ3v) is 4.67. The quantitative estimate of drug-likeness (QED) is 0.743. The second-order valence-corrected chi connectivity index (χ2v) is 6.42. The van der Waals surface area contributed by atoms with E-state index in [1.807, 2.05) is 19.0 Å². The zero-order valence-electron chi connectivity index (χ0n) is 13.3. The fourth-order valence-electron chi connectivity index (χ4n) is 2.51. The molecule has 0 aromatic carbocycles. The lowest BCUT2D eigenvalue weighted by molar-refractivity contribution is -0.0137. The topological polar surface area (TPSA) is 71.7 Å². The van der Waals surface area contributed by atoms with E-state index >= 15 is 0 Å². The Labute approximate surface area is 139 Å². The second kappa shape index (κ2) is 7.20. The molecule has 1 fully saturated rings. The van der Waals surface area contributed by atoms with Crippen molar-refractivity contribution in [2.75, 3.05) is 38.8 Å². The predicted octanol–water partition coefficient (Wildman–Crippen LogP) is 1.67. The standard InChI is InChI=1S/C15H20N4O3S/c1-18(2)15-16-14(17-23-15)9-19-5-7-21-10-11(19)8-12(20)13-4-3-6-22-13/h3-4,6,11H,5,7-10H2,1-2H3. The minimum atomic E-state index is -0.00397. The first-order valence-electron chi connectivity index (χ1n) is 7.52. The van der Waals surface area contributed by atoms with Gasteiger partial charge >= 0.3 is 0 Å². The summed E-state index contributed by atoms with van der Waals surface area (Å²) in [5, 5.41) is 0.886. The van der Waals surface area contributed by atoms with Gasteiger partial charge in [-0.3, -0.25) is 9.69 Å². The Morgan fingerprint density at radius 2 is 2.39 bits per heavy atom. The van der Waals surface area contributed by atoms with E-state index in [-0.39, 0.29) is 11.8 Å². The molecule has 0 N–H and O–H groups in total. The number of ketones is 1. The third-order valence-electron chi connectivity index (χ3n) is 3.75. The van der Waals surface area contributed by atoms with Crippen LogP contribution in [0.15, 0.2) is 22.8 Å². The third kappa shape index (κ3) is 3.95. The minimum absolute atomic E-state index is 0.00397. The van der Waals surface area contributed by atoms with E-state index in [4.69, 9.17) is 9.15 Å². The number of Topliss-reactive ketones (excluding diaryl/α,β-unsaturated/α-hetero) is 1. The number of anilines is 1. The number of rotatable bonds is 6. The van der Waals surface area contributed by atoms with Gasteiger partial charge in [-0.1, -0.05) is 0 Å². The number of morpholine rings is 1. The lowest BCUT2D eigenvalue weighted by atomic mass is 10.1. The number of aromatic nitrogens is 2. The van der Waals surface area contributed by atoms with E-state index in [9.17, 15) is 4.79 Å². The van der Waals surface area contributed by atoms with Crippen molar-refractivity contribution in [3.63, 3.8) is 0 Å². The lowest BCUT2D eigenvalue weighted by Gasteiger charge is -2.34. The number of furan rings is 1. The van der Waals surface area contributed by atoms with E-state index in [2.05, 4.69) is 14.3 Å². The molecule has 0 bridgehead atoms. The lowest BCUT2D eigenvalue weighted by Crippen LogP contribution is -2.46. The van der Waals surface area contributed by atoms with Crippen molar-refractivity contribution in [3.05, 3.63) is 30.0 Å². The van der Waals surface area contributed by atoms with Gasteiger partial charge in [-0.15, -0.1) is 0 Å². The molecule has 0 spiro atoms. The van der Waals surface area contributed by atoms with Crippen molar-refractivity contribution in [1.82, 2.24) is 14.3 Å². The Morgan fingerprint density at radius 3 is 3.09 bits per heavy atom. The maximum Gasteiger partial charge on any atom is 0.204 e. The van der Waals surface area contributed by atoms with Gasteiger partial charge in [-0.05, 0) is 12.1 Å². The Hall–Kier alpha value is -1.77. The van der Waals surface area contributed by atoms with Gasteiger partial charge in [0.1, 0.15) is 0 Å². The highest BCUT2D eigenvalue weighted by molar-refractivity contribution is 7.09. The van der Waals surface area contributed by atoms with E-state index in [0.717, 1.165) is 17.5 Å². The van der Waals surface area contributed by atoms with Crippen LogP contribution in [0.2, 0.25) is 0 Å².